The van der Waals surface area contributed by atoms with E-state index in [4.69, 9.17) is 0 Å². The third-order valence-electron chi connectivity index (χ3n) is 4.99. The average Bonchev–Trinajstić information content (AvgIpc) is 2.98. The highest BCUT2D eigenvalue weighted by atomic mass is 16.2. The van der Waals surface area contributed by atoms with E-state index in [1.165, 1.54) is 5.56 Å². The molecule has 2 amide bonds. The first-order valence-corrected chi connectivity index (χ1v) is 8.29. The molecule has 1 saturated heterocycles. The number of carbonyl (C=O) groups is 2. The van der Waals surface area contributed by atoms with Crippen LogP contribution in [-0.4, -0.2) is 61.4 Å². The fraction of sp³-hybridized carbons (Fsp3) is 0.556. The van der Waals surface area contributed by atoms with Gasteiger partial charge in [-0.25, -0.2) is 0 Å². The number of nitrogens with zero attached hydrogens (tertiary/aromatic N) is 3. The second-order valence-corrected chi connectivity index (χ2v) is 7.06. The Morgan fingerprint density at radius 2 is 1.61 bits per heavy atom. The van der Waals surface area contributed by atoms with E-state index in [0.717, 1.165) is 25.2 Å². The summed E-state index contributed by atoms with van der Waals surface area (Å²) in [7, 11) is 2.05. The van der Waals surface area contributed by atoms with Crippen molar-refractivity contribution >= 4 is 17.5 Å². The molecule has 124 valence electrons. The third-order valence-corrected chi connectivity index (χ3v) is 4.99. The minimum atomic E-state index is -1.02. The first kappa shape index (κ1) is 16.0. The third kappa shape index (κ3) is 2.85. The standard InChI is InChI=1S/C18H25N3O2/c1-18(2,16(22)20-12-10-19(3)11-13-20)17(23)21-9-8-14-6-4-5-7-15(14)21/h4-7H,8-13H2,1-3H3. The first-order chi connectivity index (χ1) is 10.9. The van der Waals surface area contributed by atoms with Gasteiger partial charge in [0.25, 0.3) is 0 Å². The van der Waals surface area contributed by atoms with Gasteiger partial charge in [0.1, 0.15) is 5.41 Å². The lowest BCUT2D eigenvalue weighted by atomic mass is 9.89. The maximum Gasteiger partial charge on any atom is 0.242 e. The Morgan fingerprint density at radius 1 is 0.957 bits per heavy atom. The van der Waals surface area contributed by atoms with Gasteiger partial charge in [0, 0.05) is 38.4 Å². The van der Waals surface area contributed by atoms with E-state index in [9.17, 15) is 9.59 Å². The number of fused-ring (bicyclic) bond motifs is 1. The number of likely N-dealkylation sites (N-methyl/N-ethyl adjacent to an activating group) is 1. The van der Waals surface area contributed by atoms with Crippen LogP contribution in [0.3, 0.4) is 0 Å². The van der Waals surface area contributed by atoms with E-state index in [-0.39, 0.29) is 11.8 Å². The molecule has 0 spiro atoms. The van der Waals surface area contributed by atoms with E-state index in [1.807, 2.05) is 23.1 Å². The Labute approximate surface area is 137 Å². The molecular formula is C18H25N3O2. The summed E-state index contributed by atoms with van der Waals surface area (Å²) in [5, 5.41) is 0. The Balaban J connectivity index is 1.77. The molecule has 23 heavy (non-hydrogen) atoms. The van der Waals surface area contributed by atoms with E-state index in [1.54, 1.807) is 18.7 Å². The molecule has 1 aromatic carbocycles. The van der Waals surface area contributed by atoms with Crippen LogP contribution in [0.15, 0.2) is 24.3 Å². The Morgan fingerprint density at radius 3 is 2.30 bits per heavy atom. The number of carbonyl (C=O) groups excluding carboxylic acids is 2. The van der Waals surface area contributed by atoms with Crippen LogP contribution < -0.4 is 4.90 Å². The highest BCUT2D eigenvalue weighted by Crippen LogP contribution is 2.32. The summed E-state index contributed by atoms with van der Waals surface area (Å²) < 4.78 is 0. The summed E-state index contributed by atoms with van der Waals surface area (Å²) >= 11 is 0. The molecule has 0 atom stereocenters. The largest absolute Gasteiger partial charge is 0.339 e. The molecule has 2 aliphatic rings. The summed E-state index contributed by atoms with van der Waals surface area (Å²) in [6, 6.07) is 7.96. The van der Waals surface area contributed by atoms with Crippen LogP contribution in [0.5, 0.6) is 0 Å². The number of hydrogen-bond donors (Lipinski definition) is 0. The Hall–Kier alpha value is -1.88. The highest BCUT2D eigenvalue weighted by molar-refractivity contribution is 6.11. The molecule has 0 bridgehead atoms. The molecule has 3 rings (SSSR count). The van der Waals surface area contributed by atoms with Crippen molar-refractivity contribution in [3.63, 3.8) is 0 Å². The van der Waals surface area contributed by atoms with Crippen molar-refractivity contribution in [3.05, 3.63) is 29.8 Å². The van der Waals surface area contributed by atoms with Crippen LogP contribution in [-0.2, 0) is 16.0 Å². The topological polar surface area (TPSA) is 43.9 Å². The molecule has 2 aliphatic heterocycles. The van der Waals surface area contributed by atoms with Gasteiger partial charge in [0.05, 0.1) is 0 Å². The maximum absolute atomic E-state index is 13.0. The Kier molecular flexibility index (Phi) is 4.15. The van der Waals surface area contributed by atoms with Gasteiger partial charge in [0.15, 0.2) is 0 Å². The van der Waals surface area contributed by atoms with Gasteiger partial charge in [-0.15, -0.1) is 0 Å². The van der Waals surface area contributed by atoms with Gasteiger partial charge in [-0.3, -0.25) is 9.59 Å². The molecule has 2 heterocycles. The lowest BCUT2D eigenvalue weighted by molar-refractivity contribution is -0.148. The minimum absolute atomic E-state index is 0.0556. The summed E-state index contributed by atoms with van der Waals surface area (Å²) in [4.78, 5) is 31.8. The second-order valence-electron chi connectivity index (χ2n) is 7.06. The van der Waals surface area contributed by atoms with E-state index >= 15 is 0 Å². The van der Waals surface area contributed by atoms with Gasteiger partial charge in [-0.05, 0) is 38.9 Å². The summed E-state index contributed by atoms with van der Waals surface area (Å²) in [6.45, 7) is 7.31. The van der Waals surface area contributed by atoms with Crippen molar-refractivity contribution in [2.24, 2.45) is 5.41 Å². The number of anilines is 1. The number of amides is 2. The van der Waals surface area contributed by atoms with Crippen molar-refractivity contribution in [2.75, 3.05) is 44.7 Å². The van der Waals surface area contributed by atoms with Crippen molar-refractivity contribution in [2.45, 2.75) is 20.3 Å². The monoisotopic (exact) mass is 315 g/mol. The van der Waals surface area contributed by atoms with Crippen LogP contribution in [0.2, 0.25) is 0 Å². The number of piperazine rings is 1. The zero-order chi connectivity index (χ0) is 16.6. The molecular weight excluding hydrogens is 290 g/mol. The molecule has 1 fully saturated rings. The number of benzene rings is 1. The molecule has 0 unspecified atom stereocenters. The highest BCUT2D eigenvalue weighted by Gasteiger charge is 2.43. The minimum Gasteiger partial charge on any atom is -0.339 e. The summed E-state index contributed by atoms with van der Waals surface area (Å²) in [5.74, 6) is -0.147. The Bertz CT molecular complexity index is 618. The van der Waals surface area contributed by atoms with Crippen LogP contribution >= 0.6 is 0 Å². The van der Waals surface area contributed by atoms with Crippen LogP contribution in [0, 0.1) is 5.41 Å². The van der Waals surface area contributed by atoms with Gasteiger partial charge < -0.3 is 14.7 Å². The second kappa shape index (κ2) is 5.96. The number of rotatable bonds is 2. The van der Waals surface area contributed by atoms with Gasteiger partial charge in [0.2, 0.25) is 11.8 Å². The average molecular weight is 315 g/mol. The molecule has 0 N–H and O–H groups in total. The number of para-hydroxylation sites is 1. The van der Waals surface area contributed by atoms with Gasteiger partial charge in [-0.2, -0.15) is 0 Å². The molecule has 0 aromatic heterocycles. The van der Waals surface area contributed by atoms with Crippen LogP contribution in [0.25, 0.3) is 0 Å². The predicted molar refractivity (Wildman–Crippen MR) is 90.4 cm³/mol. The van der Waals surface area contributed by atoms with Crippen molar-refractivity contribution in [1.82, 2.24) is 9.80 Å². The lowest BCUT2D eigenvalue weighted by Gasteiger charge is -2.38. The van der Waals surface area contributed by atoms with E-state index in [0.29, 0.717) is 19.6 Å². The quantitative estimate of drug-likeness (QED) is 0.775. The molecule has 5 nitrogen and oxygen atoms in total. The fourth-order valence-corrected chi connectivity index (χ4v) is 3.38. The fourth-order valence-electron chi connectivity index (χ4n) is 3.38. The molecule has 0 radical (unpaired) electrons. The number of hydrogen-bond acceptors (Lipinski definition) is 3. The van der Waals surface area contributed by atoms with Crippen molar-refractivity contribution < 1.29 is 9.59 Å². The van der Waals surface area contributed by atoms with E-state index < -0.39 is 5.41 Å². The normalized spacial score (nSPS) is 18.9. The van der Waals surface area contributed by atoms with Gasteiger partial charge in [-0.1, -0.05) is 18.2 Å². The van der Waals surface area contributed by atoms with Crippen molar-refractivity contribution in [3.8, 4) is 0 Å². The lowest BCUT2D eigenvalue weighted by Crippen LogP contribution is -2.55. The van der Waals surface area contributed by atoms with E-state index in [2.05, 4.69) is 18.0 Å². The zero-order valence-electron chi connectivity index (χ0n) is 14.2. The van der Waals surface area contributed by atoms with Crippen LogP contribution in [0.1, 0.15) is 19.4 Å². The summed E-state index contributed by atoms with van der Waals surface area (Å²) in [6.07, 6.45) is 0.862. The maximum atomic E-state index is 13.0. The molecule has 0 aliphatic carbocycles. The molecule has 5 heteroatoms. The van der Waals surface area contributed by atoms with Gasteiger partial charge >= 0.3 is 0 Å². The predicted octanol–water partition coefficient (Wildman–Crippen LogP) is 1.38. The van der Waals surface area contributed by atoms with Crippen LogP contribution in [0.4, 0.5) is 5.69 Å². The zero-order valence-corrected chi connectivity index (χ0v) is 14.2. The first-order valence-electron chi connectivity index (χ1n) is 8.29. The SMILES string of the molecule is CN1CCN(C(=O)C(C)(C)C(=O)N2CCc3ccccc32)CC1. The molecule has 1 aromatic rings. The molecule has 0 saturated carbocycles. The smallest absolute Gasteiger partial charge is 0.242 e. The summed E-state index contributed by atoms with van der Waals surface area (Å²) in [5.41, 5.74) is 1.12. The van der Waals surface area contributed by atoms with Crippen molar-refractivity contribution in [1.29, 1.82) is 0 Å².